The molecular weight excluding hydrogens is 452 g/mol. The maximum Gasteiger partial charge on any atom is 0.313 e. The zero-order valence-corrected chi connectivity index (χ0v) is 26.3. The quantitative estimate of drug-likeness (QED) is 0.344. The van der Waals surface area contributed by atoms with Crippen molar-refractivity contribution in [1.82, 2.24) is 0 Å². The van der Waals surface area contributed by atoms with Gasteiger partial charge in [0.1, 0.15) is 0 Å². The highest BCUT2D eigenvalue weighted by molar-refractivity contribution is 5.82. The third-order valence-corrected chi connectivity index (χ3v) is 16.9. The van der Waals surface area contributed by atoms with Gasteiger partial charge in [0.2, 0.25) is 0 Å². The molecule has 0 aromatic carbocycles. The molecule has 9 rings (SSSR count). The van der Waals surface area contributed by atoms with Crippen molar-refractivity contribution in [1.29, 1.82) is 0 Å². The fourth-order valence-corrected chi connectivity index (χ4v) is 14.1. The molecule has 0 saturated heterocycles. The van der Waals surface area contributed by atoms with E-state index in [0.717, 1.165) is 30.6 Å². The Balaban J connectivity index is 1.55. The maximum absolute atomic E-state index is 14.6. The number of ether oxygens (including phenoxy) is 1. The van der Waals surface area contributed by atoms with Crippen molar-refractivity contribution in [2.75, 3.05) is 0 Å². The Morgan fingerprint density at radius 1 is 0.784 bits per heavy atom. The van der Waals surface area contributed by atoms with Gasteiger partial charge in [-0.1, -0.05) is 69.2 Å². The van der Waals surface area contributed by atoms with E-state index in [1.165, 1.54) is 51.4 Å². The van der Waals surface area contributed by atoms with Crippen LogP contribution in [0.15, 0.2) is 0 Å². The lowest BCUT2D eigenvalue weighted by atomic mass is 9.15. The second-order valence-corrected chi connectivity index (χ2v) is 17.7. The molecule has 0 amide bonds. The second kappa shape index (κ2) is 7.21. The van der Waals surface area contributed by atoms with Gasteiger partial charge in [-0.25, -0.2) is 0 Å². The highest BCUT2D eigenvalue weighted by Crippen LogP contribution is 2.92. The van der Waals surface area contributed by atoms with Crippen LogP contribution in [-0.4, -0.2) is 12.1 Å². The first-order valence-corrected chi connectivity index (χ1v) is 16.2. The predicted octanol–water partition coefficient (Wildman–Crippen LogP) is 9.46. The molecule has 0 aromatic heterocycles. The lowest BCUT2D eigenvalue weighted by Gasteiger charge is -2.88. The van der Waals surface area contributed by atoms with Crippen LogP contribution in [0.1, 0.15) is 140 Å². The van der Waals surface area contributed by atoms with E-state index in [1.54, 1.807) is 0 Å². The third kappa shape index (κ3) is 2.45. The van der Waals surface area contributed by atoms with Gasteiger partial charge >= 0.3 is 5.97 Å². The first kappa shape index (κ1) is 26.7. The van der Waals surface area contributed by atoms with E-state index >= 15 is 0 Å². The number of fused-ring (bicyclic) bond motifs is 7. The van der Waals surface area contributed by atoms with Crippen molar-refractivity contribution >= 4 is 5.97 Å². The van der Waals surface area contributed by atoms with Crippen molar-refractivity contribution < 1.29 is 9.53 Å². The fraction of sp³-hybridized carbons (Fsp3) is 0.971. The number of esters is 1. The average molecular weight is 511 g/mol. The monoisotopic (exact) mass is 510 g/mol. The minimum atomic E-state index is -0.365. The van der Waals surface area contributed by atoms with Gasteiger partial charge < -0.3 is 4.74 Å². The van der Waals surface area contributed by atoms with Crippen LogP contribution in [-0.2, 0) is 9.53 Å². The summed E-state index contributed by atoms with van der Waals surface area (Å²) in [6.07, 6.45) is 12.7. The van der Waals surface area contributed by atoms with Crippen LogP contribution in [0.25, 0.3) is 0 Å². The predicted molar refractivity (Wildman–Crippen MR) is 152 cm³/mol. The van der Waals surface area contributed by atoms with Gasteiger partial charge in [0.25, 0.3) is 0 Å². The summed E-state index contributed by atoms with van der Waals surface area (Å²) < 4.78 is 6.39. The van der Waals surface area contributed by atoms with Crippen molar-refractivity contribution in [3.05, 3.63) is 0 Å². The number of hydrogen-bond acceptors (Lipinski definition) is 2. The van der Waals surface area contributed by atoms with Crippen LogP contribution in [0.2, 0.25) is 0 Å². The molecule has 0 N–H and O–H groups in total. The van der Waals surface area contributed by atoms with Gasteiger partial charge in [-0.05, 0) is 133 Å². The highest BCUT2D eigenvalue weighted by atomic mass is 16.5. The summed E-state index contributed by atoms with van der Waals surface area (Å²) in [6.45, 7) is 27.7. The van der Waals surface area contributed by atoms with Gasteiger partial charge in [-0.2, -0.15) is 0 Å². The van der Waals surface area contributed by atoms with E-state index in [0.29, 0.717) is 16.7 Å². The Kier molecular flexibility index (Phi) is 5.20. The third-order valence-electron chi connectivity index (χ3n) is 16.9. The molecule has 0 heterocycles. The summed E-state index contributed by atoms with van der Waals surface area (Å²) in [7, 11) is 0. The summed E-state index contributed by atoms with van der Waals surface area (Å²) >= 11 is 0. The van der Waals surface area contributed by atoms with Crippen LogP contribution in [0.5, 0.6) is 0 Å². The second-order valence-electron chi connectivity index (χ2n) is 17.7. The molecule has 210 valence electrons. The molecule has 37 heavy (non-hydrogen) atoms. The first-order valence-electron chi connectivity index (χ1n) is 16.2. The maximum atomic E-state index is 14.6. The Bertz CT molecular complexity index is 1000. The summed E-state index contributed by atoms with van der Waals surface area (Å²) in [4.78, 5) is 14.6. The minimum Gasteiger partial charge on any atom is -0.462 e. The molecule has 2 nitrogen and oxygen atoms in total. The first-order chi connectivity index (χ1) is 16.9. The van der Waals surface area contributed by atoms with E-state index in [-0.39, 0.29) is 44.6 Å². The molecule has 0 radical (unpaired) electrons. The average Bonchev–Trinajstić information content (AvgIpc) is 2.82. The zero-order chi connectivity index (χ0) is 27.2. The zero-order valence-electron chi connectivity index (χ0n) is 26.3. The van der Waals surface area contributed by atoms with Crippen LogP contribution in [0.3, 0.4) is 0 Å². The number of carbonyl (C=O) groups is 1. The Morgan fingerprint density at radius 2 is 1.35 bits per heavy atom. The van der Waals surface area contributed by atoms with Crippen LogP contribution in [0.4, 0.5) is 0 Å². The topological polar surface area (TPSA) is 26.3 Å². The van der Waals surface area contributed by atoms with Crippen molar-refractivity contribution in [3.8, 4) is 0 Å². The van der Waals surface area contributed by atoms with Gasteiger partial charge in [0.15, 0.2) is 0 Å². The molecule has 10 atom stereocenters. The summed E-state index contributed by atoms with van der Waals surface area (Å²) in [5, 5.41) is 0. The van der Waals surface area contributed by atoms with E-state index < -0.39 is 0 Å². The summed E-state index contributed by atoms with van der Waals surface area (Å²) in [5.74, 6) is 3.35. The molecule has 0 aliphatic heterocycles. The molecule has 9 aliphatic carbocycles. The van der Waals surface area contributed by atoms with Crippen molar-refractivity contribution in [3.63, 3.8) is 0 Å². The van der Waals surface area contributed by atoms with E-state index in [1.807, 2.05) is 0 Å². The number of hydrogen-bond donors (Lipinski definition) is 0. The van der Waals surface area contributed by atoms with Gasteiger partial charge in [-0.15, -0.1) is 0 Å². The van der Waals surface area contributed by atoms with Gasteiger partial charge in [0, 0.05) is 0 Å². The Morgan fingerprint density at radius 3 is 1.86 bits per heavy atom. The molecule has 6 bridgehead atoms. The molecule has 2 heteroatoms. The molecule has 9 fully saturated rings. The normalized spacial score (nSPS) is 54.7. The number of rotatable bonds is 5. The van der Waals surface area contributed by atoms with Crippen LogP contribution >= 0.6 is 0 Å². The standard InChI is InChI=1S/C35H58O2/c1-12-22(2)37-27(36)34-20-24(29(34,5)6)15-18-33(34,11)35-21-25(30(35,7)8)14-17-32(35,10)31(9)16-13-23-19-26(31)28(23,3)4/h22-26H,12-21H2,1-11H3. The number of carbonyl (C=O) groups excluding carboxylic acids is 1. The molecule has 9 saturated carbocycles. The summed E-state index contributed by atoms with van der Waals surface area (Å²) in [5.41, 5.74) is 1.06. The molecular formula is C35H58O2. The summed E-state index contributed by atoms with van der Waals surface area (Å²) in [6, 6.07) is 0. The van der Waals surface area contributed by atoms with Gasteiger partial charge in [0.05, 0.1) is 11.5 Å². The lowest BCUT2D eigenvalue weighted by Crippen LogP contribution is -2.84. The molecule has 0 spiro atoms. The lowest BCUT2D eigenvalue weighted by molar-refractivity contribution is -0.404. The molecule has 0 aromatic rings. The molecule has 9 aliphatic rings. The molecule has 10 unspecified atom stereocenters. The van der Waals surface area contributed by atoms with E-state index in [2.05, 4.69) is 76.2 Å². The largest absolute Gasteiger partial charge is 0.462 e. The Labute approximate surface area is 228 Å². The SMILES string of the molecule is CCC(C)OC(=O)C12CC(CCC1(C)C13CC(CCC1(C)C1(C)CCC4CC1C4(C)C)C3(C)C)C2(C)C. The Hall–Kier alpha value is -0.530. The van der Waals surface area contributed by atoms with Crippen molar-refractivity contribution in [2.45, 2.75) is 146 Å². The van der Waals surface area contributed by atoms with Crippen LogP contribution < -0.4 is 0 Å². The minimum absolute atomic E-state index is 0.00358. The van der Waals surface area contributed by atoms with Crippen LogP contribution in [0, 0.1) is 67.0 Å². The highest BCUT2D eigenvalue weighted by Gasteiger charge is 2.88. The van der Waals surface area contributed by atoms with Gasteiger partial charge in [-0.3, -0.25) is 4.79 Å². The smallest absolute Gasteiger partial charge is 0.313 e. The van der Waals surface area contributed by atoms with Crippen molar-refractivity contribution in [2.24, 2.45) is 67.0 Å². The fourth-order valence-electron chi connectivity index (χ4n) is 14.1. The van der Waals surface area contributed by atoms with E-state index in [4.69, 9.17) is 4.74 Å². The van der Waals surface area contributed by atoms with E-state index in [9.17, 15) is 4.79 Å².